The smallest absolute Gasteiger partial charge is 0.427 e. The Hall–Kier alpha value is -0.225. The van der Waals surface area contributed by atoms with E-state index in [-0.39, 0.29) is 0 Å². The summed E-state index contributed by atoms with van der Waals surface area (Å²) in [7, 11) is -1.61. The zero-order valence-electron chi connectivity index (χ0n) is 7.80. The second kappa shape index (κ2) is 4.53. The molecule has 1 aliphatic rings. The molecule has 0 aromatic heterocycles. The molecule has 2 unspecified atom stereocenters. The van der Waals surface area contributed by atoms with Crippen LogP contribution in [0.2, 0.25) is 5.82 Å². The van der Waals surface area contributed by atoms with Gasteiger partial charge in [-0.15, -0.1) is 0 Å². The van der Waals surface area contributed by atoms with Gasteiger partial charge in [0.2, 0.25) is 0 Å². The van der Waals surface area contributed by atoms with Gasteiger partial charge in [-0.1, -0.05) is 25.7 Å². The molecule has 0 spiro atoms. The molecule has 2 atom stereocenters. The Bertz CT molecular complexity index is 184. The van der Waals surface area contributed by atoms with Crippen molar-refractivity contribution in [2.75, 3.05) is 0 Å². The third kappa shape index (κ3) is 3.50. The molecule has 82 valence electrons. The van der Waals surface area contributed by atoms with Gasteiger partial charge in [-0.3, -0.25) is 0 Å². The molecule has 0 amide bonds. The van der Waals surface area contributed by atoms with Crippen LogP contribution in [0, 0.1) is 5.92 Å². The molecular weight excluding hydrogens is 196 g/mol. The average molecular weight is 210 g/mol. The molecule has 14 heavy (non-hydrogen) atoms. The SMILES string of the molecule is OB(O)C1CCCCC1CC(F)(F)F. The predicted molar refractivity (Wildman–Crippen MR) is 46.6 cm³/mol. The van der Waals surface area contributed by atoms with Crippen LogP contribution in [0.15, 0.2) is 0 Å². The molecule has 0 heterocycles. The maximum absolute atomic E-state index is 12.1. The quantitative estimate of drug-likeness (QED) is 0.684. The van der Waals surface area contributed by atoms with E-state index in [1.54, 1.807) is 0 Å². The number of rotatable bonds is 2. The van der Waals surface area contributed by atoms with Gasteiger partial charge in [-0.05, 0) is 11.7 Å². The summed E-state index contributed by atoms with van der Waals surface area (Å²) >= 11 is 0. The Morgan fingerprint density at radius 3 is 2.21 bits per heavy atom. The van der Waals surface area contributed by atoms with Crippen molar-refractivity contribution in [3.05, 3.63) is 0 Å². The van der Waals surface area contributed by atoms with E-state index < -0.39 is 31.5 Å². The van der Waals surface area contributed by atoms with E-state index >= 15 is 0 Å². The Kier molecular flexibility index (Phi) is 3.83. The van der Waals surface area contributed by atoms with Crippen LogP contribution in [0.4, 0.5) is 13.2 Å². The number of hydrogen-bond donors (Lipinski definition) is 2. The Balaban J connectivity index is 2.54. The normalized spacial score (nSPS) is 28.9. The molecular formula is C8H14BF3O2. The zero-order valence-corrected chi connectivity index (χ0v) is 7.80. The maximum Gasteiger partial charge on any atom is 0.455 e. The van der Waals surface area contributed by atoms with Crippen LogP contribution in [0.3, 0.4) is 0 Å². The summed E-state index contributed by atoms with van der Waals surface area (Å²) in [5, 5.41) is 17.9. The summed E-state index contributed by atoms with van der Waals surface area (Å²) in [5.74, 6) is -1.23. The molecule has 2 nitrogen and oxygen atoms in total. The summed E-state index contributed by atoms with van der Waals surface area (Å²) in [6, 6.07) is 0. The lowest BCUT2D eigenvalue weighted by Gasteiger charge is -2.31. The summed E-state index contributed by atoms with van der Waals surface area (Å²) in [6.45, 7) is 0. The van der Waals surface area contributed by atoms with E-state index in [0.29, 0.717) is 12.8 Å². The molecule has 0 aliphatic heterocycles. The number of alkyl halides is 3. The fourth-order valence-corrected chi connectivity index (χ4v) is 2.18. The largest absolute Gasteiger partial charge is 0.455 e. The van der Waals surface area contributed by atoms with Gasteiger partial charge < -0.3 is 10.0 Å². The van der Waals surface area contributed by atoms with Gasteiger partial charge in [0.15, 0.2) is 0 Å². The van der Waals surface area contributed by atoms with Crippen LogP contribution in [0.5, 0.6) is 0 Å². The van der Waals surface area contributed by atoms with E-state index in [1.165, 1.54) is 0 Å². The first-order valence-corrected chi connectivity index (χ1v) is 4.83. The van der Waals surface area contributed by atoms with E-state index in [1.807, 2.05) is 0 Å². The third-order valence-corrected chi connectivity index (χ3v) is 2.84. The van der Waals surface area contributed by atoms with E-state index in [9.17, 15) is 13.2 Å². The number of hydrogen-bond acceptors (Lipinski definition) is 2. The standard InChI is InChI=1S/C8H14BF3O2/c10-8(11,12)5-6-3-1-2-4-7(6)9(13)14/h6-7,13-14H,1-5H2. The fourth-order valence-electron chi connectivity index (χ4n) is 2.18. The average Bonchev–Trinajstić information content (AvgIpc) is 2.01. The van der Waals surface area contributed by atoms with Crippen LogP contribution in [0.1, 0.15) is 32.1 Å². The molecule has 0 saturated heterocycles. The first-order chi connectivity index (χ1) is 6.40. The van der Waals surface area contributed by atoms with Gasteiger partial charge in [0.1, 0.15) is 0 Å². The molecule has 0 bridgehead atoms. The van der Waals surface area contributed by atoms with E-state index in [4.69, 9.17) is 10.0 Å². The highest BCUT2D eigenvalue weighted by atomic mass is 19.4. The molecule has 1 saturated carbocycles. The third-order valence-electron chi connectivity index (χ3n) is 2.84. The van der Waals surface area contributed by atoms with Crippen LogP contribution < -0.4 is 0 Å². The minimum atomic E-state index is -4.20. The molecule has 1 aliphatic carbocycles. The van der Waals surface area contributed by atoms with Crippen molar-refractivity contribution >= 4 is 7.12 Å². The van der Waals surface area contributed by atoms with Crippen LogP contribution in [-0.2, 0) is 0 Å². The summed E-state index contributed by atoms with van der Waals surface area (Å²) in [5.41, 5.74) is 0. The minimum Gasteiger partial charge on any atom is -0.427 e. The van der Waals surface area contributed by atoms with Crippen molar-refractivity contribution in [3.63, 3.8) is 0 Å². The molecule has 2 N–H and O–H groups in total. The first-order valence-electron chi connectivity index (χ1n) is 4.83. The topological polar surface area (TPSA) is 40.5 Å². The molecule has 1 fully saturated rings. The van der Waals surface area contributed by atoms with Crippen molar-refractivity contribution in [1.29, 1.82) is 0 Å². The van der Waals surface area contributed by atoms with Gasteiger partial charge in [-0.25, -0.2) is 0 Å². The maximum atomic E-state index is 12.1. The lowest BCUT2D eigenvalue weighted by atomic mass is 9.59. The highest BCUT2D eigenvalue weighted by molar-refractivity contribution is 6.43. The lowest BCUT2D eigenvalue weighted by Crippen LogP contribution is -2.32. The minimum absolute atomic E-state index is 0.446. The van der Waals surface area contributed by atoms with Gasteiger partial charge in [0, 0.05) is 6.42 Å². The summed E-state index contributed by atoms with van der Waals surface area (Å²) in [6.07, 6.45) is -2.62. The molecule has 1 rings (SSSR count). The van der Waals surface area contributed by atoms with E-state index in [0.717, 1.165) is 12.8 Å². The van der Waals surface area contributed by atoms with Crippen LogP contribution in [0.25, 0.3) is 0 Å². The van der Waals surface area contributed by atoms with Gasteiger partial charge >= 0.3 is 13.3 Å². The van der Waals surface area contributed by atoms with Crippen molar-refractivity contribution in [2.24, 2.45) is 5.92 Å². The highest BCUT2D eigenvalue weighted by Crippen LogP contribution is 2.41. The van der Waals surface area contributed by atoms with Gasteiger partial charge in [0.25, 0.3) is 0 Å². The Labute approximate surface area is 81.3 Å². The van der Waals surface area contributed by atoms with Gasteiger partial charge in [-0.2, -0.15) is 13.2 Å². The molecule has 0 radical (unpaired) electrons. The second-order valence-corrected chi connectivity index (χ2v) is 3.94. The zero-order chi connectivity index (χ0) is 10.8. The Morgan fingerprint density at radius 2 is 1.71 bits per heavy atom. The lowest BCUT2D eigenvalue weighted by molar-refractivity contribution is -0.146. The van der Waals surface area contributed by atoms with Crippen LogP contribution >= 0.6 is 0 Å². The molecule has 0 aromatic rings. The van der Waals surface area contributed by atoms with Crippen molar-refractivity contribution in [3.8, 4) is 0 Å². The van der Waals surface area contributed by atoms with Gasteiger partial charge in [0.05, 0.1) is 0 Å². The fraction of sp³-hybridized carbons (Fsp3) is 1.00. The first kappa shape index (κ1) is 11.8. The van der Waals surface area contributed by atoms with Crippen molar-refractivity contribution in [2.45, 2.75) is 44.1 Å². The Morgan fingerprint density at radius 1 is 1.14 bits per heavy atom. The molecule has 0 aromatic carbocycles. The van der Waals surface area contributed by atoms with Crippen molar-refractivity contribution < 1.29 is 23.2 Å². The van der Waals surface area contributed by atoms with E-state index in [2.05, 4.69) is 0 Å². The predicted octanol–water partition coefficient (Wildman–Crippen LogP) is 1.97. The van der Waals surface area contributed by atoms with Crippen LogP contribution in [-0.4, -0.2) is 23.3 Å². The highest BCUT2D eigenvalue weighted by Gasteiger charge is 2.40. The summed E-state index contributed by atoms with van der Waals surface area (Å²) < 4.78 is 36.3. The monoisotopic (exact) mass is 210 g/mol. The second-order valence-electron chi connectivity index (χ2n) is 3.94. The van der Waals surface area contributed by atoms with Crippen molar-refractivity contribution in [1.82, 2.24) is 0 Å². The summed E-state index contributed by atoms with van der Waals surface area (Å²) in [4.78, 5) is 0. The molecule has 6 heteroatoms. The number of halogens is 3.